The van der Waals surface area contributed by atoms with E-state index in [0.29, 0.717) is 0 Å². The fraction of sp³-hybridized carbons (Fsp3) is 0.0667. The van der Waals surface area contributed by atoms with Crippen molar-refractivity contribution < 1.29 is 23.1 Å². The van der Waals surface area contributed by atoms with Crippen LogP contribution in [-0.4, -0.2) is 19.0 Å². The van der Waals surface area contributed by atoms with Gasteiger partial charge in [0.25, 0.3) is 5.91 Å². The lowest BCUT2D eigenvalue weighted by molar-refractivity contribution is 0.0597. The van der Waals surface area contributed by atoms with Crippen molar-refractivity contribution in [3.05, 3.63) is 65.2 Å². The smallest absolute Gasteiger partial charge is 0.338 e. The molecule has 108 valence electrons. The van der Waals surface area contributed by atoms with Crippen LogP contribution in [0.4, 0.5) is 14.5 Å². The van der Waals surface area contributed by atoms with E-state index >= 15 is 0 Å². The summed E-state index contributed by atoms with van der Waals surface area (Å²) in [6, 6.07) is 8.59. The standard InChI is InChI=1S/C15H11F2NO3/c1-21-15(20)11-5-3-2-4-10(11)14(19)18-13-8-9(16)6-7-12(13)17/h2-8H,1H3,(H,18,19). The Labute approximate surface area is 119 Å². The Morgan fingerprint density at radius 3 is 2.38 bits per heavy atom. The van der Waals surface area contributed by atoms with Crippen LogP contribution >= 0.6 is 0 Å². The maximum atomic E-state index is 13.5. The van der Waals surface area contributed by atoms with Crippen LogP contribution in [0, 0.1) is 11.6 Å². The quantitative estimate of drug-likeness (QED) is 0.884. The van der Waals surface area contributed by atoms with Crippen LogP contribution in [0.2, 0.25) is 0 Å². The van der Waals surface area contributed by atoms with Gasteiger partial charge in [0.1, 0.15) is 11.6 Å². The second-order valence-corrected chi connectivity index (χ2v) is 4.12. The van der Waals surface area contributed by atoms with E-state index in [1.807, 2.05) is 0 Å². The molecule has 0 aromatic heterocycles. The molecule has 2 rings (SSSR count). The van der Waals surface area contributed by atoms with E-state index < -0.39 is 23.5 Å². The Morgan fingerprint density at radius 1 is 1.05 bits per heavy atom. The Hall–Kier alpha value is -2.76. The fourth-order valence-electron chi connectivity index (χ4n) is 1.75. The molecule has 0 aliphatic rings. The summed E-state index contributed by atoms with van der Waals surface area (Å²) in [6.07, 6.45) is 0. The van der Waals surface area contributed by atoms with Crippen LogP contribution in [-0.2, 0) is 4.74 Å². The number of esters is 1. The van der Waals surface area contributed by atoms with Gasteiger partial charge in [0.05, 0.1) is 23.9 Å². The zero-order valence-corrected chi connectivity index (χ0v) is 11.0. The second-order valence-electron chi connectivity index (χ2n) is 4.12. The molecule has 6 heteroatoms. The van der Waals surface area contributed by atoms with E-state index in [9.17, 15) is 18.4 Å². The minimum absolute atomic E-state index is 0.00742. The molecule has 0 unspecified atom stereocenters. The first-order valence-corrected chi connectivity index (χ1v) is 5.96. The minimum atomic E-state index is -0.778. The molecule has 2 aromatic rings. The third-order valence-electron chi connectivity index (χ3n) is 2.75. The van der Waals surface area contributed by atoms with Gasteiger partial charge in [0.2, 0.25) is 0 Å². The summed E-state index contributed by atoms with van der Waals surface area (Å²) in [5.41, 5.74) is -0.262. The predicted molar refractivity (Wildman–Crippen MR) is 72.1 cm³/mol. The maximum Gasteiger partial charge on any atom is 0.338 e. The van der Waals surface area contributed by atoms with E-state index in [4.69, 9.17) is 0 Å². The summed E-state index contributed by atoms with van der Waals surface area (Å²) in [6.45, 7) is 0. The number of anilines is 1. The molecule has 0 spiro atoms. The first-order chi connectivity index (χ1) is 10.0. The van der Waals surface area contributed by atoms with Crippen molar-refractivity contribution in [2.24, 2.45) is 0 Å². The van der Waals surface area contributed by atoms with Crippen molar-refractivity contribution in [1.29, 1.82) is 0 Å². The Bertz CT molecular complexity index is 701. The summed E-state index contributed by atoms with van der Waals surface area (Å²) < 4.78 is 31.1. The molecule has 0 saturated carbocycles. The maximum absolute atomic E-state index is 13.5. The highest BCUT2D eigenvalue weighted by molar-refractivity contribution is 6.11. The van der Waals surface area contributed by atoms with Gasteiger partial charge < -0.3 is 10.1 Å². The van der Waals surface area contributed by atoms with Gasteiger partial charge in [-0.05, 0) is 24.3 Å². The van der Waals surface area contributed by atoms with Crippen molar-refractivity contribution in [2.75, 3.05) is 12.4 Å². The van der Waals surface area contributed by atoms with Gasteiger partial charge in [-0.1, -0.05) is 12.1 Å². The zero-order valence-electron chi connectivity index (χ0n) is 11.0. The molecule has 0 heterocycles. The number of carbonyl (C=O) groups is 2. The lowest BCUT2D eigenvalue weighted by atomic mass is 10.1. The Morgan fingerprint density at radius 2 is 1.71 bits per heavy atom. The molecule has 21 heavy (non-hydrogen) atoms. The number of hydrogen-bond donors (Lipinski definition) is 1. The van der Waals surface area contributed by atoms with E-state index in [1.165, 1.54) is 19.2 Å². The van der Waals surface area contributed by atoms with Crippen molar-refractivity contribution in [1.82, 2.24) is 0 Å². The first kappa shape index (κ1) is 14.6. The highest BCUT2D eigenvalue weighted by Crippen LogP contribution is 2.18. The van der Waals surface area contributed by atoms with Crippen molar-refractivity contribution in [3.8, 4) is 0 Å². The van der Waals surface area contributed by atoms with Gasteiger partial charge >= 0.3 is 5.97 Å². The van der Waals surface area contributed by atoms with E-state index in [2.05, 4.69) is 10.1 Å². The molecule has 2 aromatic carbocycles. The van der Waals surface area contributed by atoms with Gasteiger partial charge in [-0.25, -0.2) is 13.6 Å². The summed E-state index contributed by atoms with van der Waals surface area (Å²) in [5.74, 6) is -2.89. The average molecular weight is 291 g/mol. The molecule has 0 bridgehead atoms. The van der Waals surface area contributed by atoms with Crippen LogP contribution in [0.1, 0.15) is 20.7 Å². The molecule has 4 nitrogen and oxygen atoms in total. The third-order valence-corrected chi connectivity index (χ3v) is 2.75. The van der Waals surface area contributed by atoms with Crippen LogP contribution in [0.3, 0.4) is 0 Å². The largest absolute Gasteiger partial charge is 0.465 e. The predicted octanol–water partition coefficient (Wildman–Crippen LogP) is 3.00. The highest BCUT2D eigenvalue weighted by atomic mass is 19.1. The van der Waals surface area contributed by atoms with Crippen molar-refractivity contribution in [2.45, 2.75) is 0 Å². The van der Waals surface area contributed by atoms with E-state index in [-0.39, 0.29) is 16.8 Å². The van der Waals surface area contributed by atoms with E-state index in [1.54, 1.807) is 12.1 Å². The number of amides is 1. The number of carbonyl (C=O) groups excluding carboxylic acids is 2. The van der Waals surface area contributed by atoms with Crippen molar-refractivity contribution >= 4 is 17.6 Å². The number of nitrogens with one attached hydrogen (secondary N) is 1. The summed E-state index contributed by atoms with van der Waals surface area (Å²) in [4.78, 5) is 23.7. The Kier molecular flexibility index (Phi) is 4.27. The van der Waals surface area contributed by atoms with Crippen LogP contribution in [0.5, 0.6) is 0 Å². The van der Waals surface area contributed by atoms with Crippen molar-refractivity contribution in [3.63, 3.8) is 0 Å². The highest BCUT2D eigenvalue weighted by Gasteiger charge is 2.18. The normalized spacial score (nSPS) is 10.0. The summed E-state index contributed by atoms with van der Waals surface area (Å²) in [7, 11) is 1.18. The summed E-state index contributed by atoms with van der Waals surface area (Å²) >= 11 is 0. The zero-order chi connectivity index (χ0) is 15.4. The molecule has 0 atom stereocenters. The second kappa shape index (κ2) is 6.13. The molecule has 1 amide bonds. The van der Waals surface area contributed by atoms with Gasteiger partial charge in [-0.3, -0.25) is 4.79 Å². The van der Waals surface area contributed by atoms with Gasteiger partial charge in [-0.2, -0.15) is 0 Å². The number of ether oxygens (including phenoxy) is 1. The molecule has 0 aliphatic carbocycles. The summed E-state index contributed by atoms with van der Waals surface area (Å²) in [5, 5.41) is 2.22. The number of rotatable bonds is 3. The molecule has 1 N–H and O–H groups in total. The number of benzene rings is 2. The average Bonchev–Trinajstić information content (AvgIpc) is 2.50. The molecular weight excluding hydrogens is 280 g/mol. The van der Waals surface area contributed by atoms with Crippen LogP contribution in [0.15, 0.2) is 42.5 Å². The monoisotopic (exact) mass is 291 g/mol. The van der Waals surface area contributed by atoms with E-state index in [0.717, 1.165) is 18.2 Å². The molecule has 0 fully saturated rings. The molecular formula is C15H11F2NO3. The van der Waals surface area contributed by atoms with Gasteiger partial charge in [-0.15, -0.1) is 0 Å². The molecule has 0 radical (unpaired) electrons. The van der Waals surface area contributed by atoms with Gasteiger partial charge in [0.15, 0.2) is 0 Å². The number of methoxy groups -OCH3 is 1. The SMILES string of the molecule is COC(=O)c1ccccc1C(=O)Nc1cc(F)ccc1F. The number of halogens is 2. The Balaban J connectivity index is 2.33. The minimum Gasteiger partial charge on any atom is -0.465 e. The lowest BCUT2D eigenvalue weighted by Gasteiger charge is -2.09. The van der Waals surface area contributed by atoms with Crippen LogP contribution in [0.25, 0.3) is 0 Å². The first-order valence-electron chi connectivity index (χ1n) is 5.96. The molecule has 0 aliphatic heterocycles. The number of hydrogen-bond acceptors (Lipinski definition) is 3. The molecule has 0 saturated heterocycles. The lowest BCUT2D eigenvalue weighted by Crippen LogP contribution is -2.17. The third kappa shape index (κ3) is 3.22. The fourth-order valence-corrected chi connectivity index (χ4v) is 1.75. The van der Waals surface area contributed by atoms with Crippen LogP contribution < -0.4 is 5.32 Å². The van der Waals surface area contributed by atoms with Gasteiger partial charge in [0, 0.05) is 6.07 Å². The topological polar surface area (TPSA) is 55.4 Å².